The zero-order valence-corrected chi connectivity index (χ0v) is 16.6. The molecule has 1 aliphatic heterocycles. The molecule has 2 aromatic carbocycles. The van der Waals surface area contributed by atoms with Gasteiger partial charge in [0.1, 0.15) is 5.82 Å². The van der Waals surface area contributed by atoms with E-state index in [4.69, 9.17) is 0 Å². The fourth-order valence-electron chi connectivity index (χ4n) is 3.28. The first-order chi connectivity index (χ1) is 14.1. The molecule has 0 aromatic heterocycles. The summed E-state index contributed by atoms with van der Waals surface area (Å²) in [5.41, 5.74) is -0.298. The molecule has 1 aliphatic rings. The minimum Gasteiger partial charge on any atom is -0.352 e. The van der Waals surface area contributed by atoms with Crippen LogP contribution in [0.25, 0.3) is 0 Å². The van der Waals surface area contributed by atoms with Gasteiger partial charge in [0, 0.05) is 25.6 Å². The smallest absolute Gasteiger partial charge is 0.352 e. The lowest BCUT2D eigenvalue weighted by atomic mass is 9.97. The van der Waals surface area contributed by atoms with Crippen molar-refractivity contribution in [1.82, 2.24) is 9.62 Å². The van der Waals surface area contributed by atoms with Crippen molar-refractivity contribution in [1.29, 1.82) is 0 Å². The Labute approximate surface area is 171 Å². The van der Waals surface area contributed by atoms with Crippen molar-refractivity contribution in [2.45, 2.75) is 30.5 Å². The molecule has 0 bridgehead atoms. The molecule has 0 atom stereocenters. The zero-order chi connectivity index (χ0) is 21.9. The van der Waals surface area contributed by atoms with Crippen LogP contribution in [0.5, 0.6) is 0 Å². The number of amides is 1. The highest BCUT2D eigenvalue weighted by molar-refractivity contribution is 7.89. The van der Waals surface area contributed by atoms with Crippen LogP contribution in [0.3, 0.4) is 0 Å². The molecule has 1 fully saturated rings. The van der Waals surface area contributed by atoms with Crippen LogP contribution >= 0.6 is 0 Å². The summed E-state index contributed by atoms with van der Waals surface area (Å²) in [7, 11) is -4.09. The highest BCUT2D eigenvalue weighted by Crippen LogP contribution is 2.32. The molecule has 0 spiro atoms. The molecule has 1 amide bonds. The van der Waals surface area contributed by atoms with Crippen molar-refractivity contribution in [3.63, 3.8) is 0 Å². The normalized spacial score (nSPS) is 16.4. The Morgan fingerprint density at radius 2 is 1.70 bits per heavy atom. The van der Waals surface area contributed by atoms with E-state index in [-0.39, 0.29) is 44.2 Å². The maximum absolute atomic E-state index is 12.9. The Hall–Kier alpha value is -2.46. The van der Waals surface area contributed by atoms with Crippen molar-refractivity contribution >= 4 is 15.9 Å². The van der Waals surface area contributed by atoms with Gasteiger partial charge in [-0.25, -0.2) is 12.8 Å². The molecule has 1 N–H and O–H groups in total. The van der Waals surface area contributed by atoms with Crippen LogP contribution in [0, 0.1) is 11.7 Å². The number of rotatable bonds is 5. The van der Waals surface area contributed by atoms with Gasteiger partial charge in [-0.05, 0) is 48.7 Å². The van der Waals surface area contributed by atoms with Crippen LogP contribution in [0.1, 0.15) is 24.0 Å². The SMILES string of the molecule is O=C(NCc1ccc(F)cc1)C1CCN(S(=O)(=O)c2cccc(C(F)(F)F)c2)CC1. The van der Waals surface area contributed by atoms with Crippen LogP contribution in [0.2, 0.25) is 0 Å². The molecule has 5 nitrogen and oxygen atoms in total. The van der Waals surface area contributed by atoms with Crippen LogP contribution in [-0.2, 0) is 27.5 Å². The second kappa shape index (κ2) is 8.73. The first kappa shape index (κ1) is 22.2. The molecule has 0 saturated carbocycles. The topological polar surface area (TPSA) is 66.5 Å². The van der Waals surface area contributed by atoms with Gasteiger partial charge in [-0.15, -0.1) is 0 Å². The third kappa shape index (κ3) is 5.17. The van der Waals surface area contributed by atoms with E-state index >= 15 is 0 Å². The molecule has 30 heavy (non-hydrogen) atoms. The van der Waals surface area contributed by atoms with E-state index in [0.717, 1.165) is 28.1 Å². The molecule has 3 rings (SSSR count). The molecule has 10 heteroatoms. The van der Waals surface area contributed by atoms with E-state index in [1.165, 1.54) is 12.1 Å². The first-order valence-corrected chi connectivity index (χ1v) is 10.7. The lowest BCUT2D eigenvalue weighted by Gasteiger charge is -2.30. The van der Waals surface area contributed by atoms with E-state index in [0.29, 0.717) is 6.07 Å². The van der Waals surface area contributed by atoms with E-state index < -0.39 is 32.6 Å². The van der Waals surface area contributed by atoms with Gasteiger partial charge >= 0.3 is 6.18 Å². The predicted octanol–water partition coefficient (Wildman–Crippen LogP) is 3.56. The second-order valence-corrected chi connectivity index (χ2v) is 8.99. The maximum Gasteiger partial charge on any atom is 0.416 e. The van der Waals surface area contributed by atoms with Gasteiger partial charge in [0.2, 0.25) is 15.9 Å². The third-order valence-electron chi connectivity index (χ3n) is 5.00. The number of hydrogen-bond acceptors (Lipinski definition) is 3. The van der Waals surface area contributed by atoms with Crippen LogP contribution in [0.15, 0.2) is 53.4 Å². The number of nitrogens with zero attached hydrogens (tertiary/aromatic N) is 1. The fraction of sp³-hybridized carbons (Fsp3) is 0.350. The quantitative estimate of drug-likeness (QED) is 0.718. The maximum atomic E-state index is 12.9. The van der Waals surface area contributed by atoms with Gasteiger partial charge in [-0.2, -0.15) is 17.5 Å². The van der Waals surface area contributed by atoms with Crippen LogP contribution in [0.4, 0.5) is 17.6 Å². The summed E-state index contributed by atoms with van der Waals surface area (Å²) in [5, 5.41) is 2.74. The van der Waals surface area contributed by atoms with Crippen LogP contribution in [-0.4, -0.2) is 31.7 Å². The lowest BCUT2D eigenvalue weighted by molar-refractivity contribution is -0.137. The number of carbonyl (C=O) groups excluding carboxylic acids is 1. The zero-order valence-electron chi connectivity index (χ0n) is 15.8. The van der Waals surface area contributed by atoms with Gasteiger partial charge in [-0.3, -0.25) is 4.79 Å². The molecule has 2 aromatic rings. The number of nitrogens with one attached hydrogen (secondary N) is 1. The Balaban J connectivity index is 1.59. The number of sulfonamides is 1. The number of halogens is 4. The van der Waals surface area contributed by atoms with E-state index in [2.05, 4.69) is 5.32 Å². The van der Waals surface area contributed by atoms with Gasteiger partial charge in [0.15, 0.2) is 0 Å². The number of benzene rings is 2. The van der Waals surface area contributed by atoms with Crippen molar-refractivity contribution in [3.8, 4) is 0 Å². The van der Waals surface area contributed by atoms with E-state index in [1.807, 2.05) is 0 Å². The average Bonchev–Trinajstić information content (AvgIpc) is 2.72. The summed E-state index contributed by atoms with van der Waals surface area (Å²) >= 11 is 0. The number of alkyl halides is 3. The minimum atomic E-state index is -4.64. The minimum absolute atomic E-state index is 0.0349. The largest absolute Gasteiger partial charge is 0.416 e. The molecule has 1 saturated heterocycles. The standard InChI is InChI=1S/C20H20F4N2O3S/c21-17-6-4-14(5-7-17)13-25-19(27)15-8-10-26(11-9-15)30(28,29)18-3-1-2-16(12-18)20(22,23)24/h1-7,12,15H,8-11,13H2,(H,25,27). The summed E-state index contributed by atoms with van der Waals surface area (Å²) in [4.78, 5) is 11.9. The van der Waals surface area contributed by atoms with Crippen molar-refractivity contribution in [2.75, 3.05) is 13.1 Å². The van der Waals surface area contributed by atoms with Gasteiger partial charge < -0.3 is 5.32 Å². The molecule has 162 valence electrons. The number of piperidine rings is 1. The molecular formula is C20H20F4N2O3S. The van der Waals surface area contributed by atoms with Gasteiger partial charge in [-0.1, -0.05) is 18.2 Å². The lowest BCUT2D eigenvalue weighted by Crippen LogP contribution is -2.42. The summed E-state index contributed by atoms with van der Waals surface area (Å²) in [6, 6.07) is 9.32. The third-order valence-corrected chi connectivity index (χ3v) is 6.90. The summed E-state index contributed by atoms with van der Waals surface area (Å²) in [5.74, 6) is -1.02. The predicted molar refractivity (Wildman–Crippen MR) is 101 cm³/mol. The summed E-state index contributed by atoms with van der Waals surface area (Å²) < 4.78 is 78.1. The number of hydrogen-bond donors (Lipinski definition) is 1. The Bertz CT molecular complexity index is 999. The van der Waals surface area contributed by atoms with Crippen molar-refractivity contribution in [2.24, 2.45) is 5.92 Å². The van der Waals surface area contributed by atoms with Crippen LogP contribution < -0.4 is 5.32 Å². The number of carbonyl (C=O) groups is 1. The fourth-order valence-corrected chi connectivity index (χ4v) is 4.79. The first-order valence-electron chi connectivity index (χ1n) is 9.27. The molecule has 0 unspecified atom stereocenters. The monoisotopic (exact) mass is 444 g/mol. The Morgan fingerprint density at radius 3 is 2.30 bits per heavy atom. The summed E-state index contributed by atoms with van der Waals surface area (Å²) in [6.07, 6.45) is -4.12. The van der Waals surface area contributed by atoms with E-state index in [1.54, 1.807) is 12.1 Å². The van der Waals surface area contributed by atoms with Crippen molar-refractivity contribution < 1.29 is 30.8 Å². The highest BCUT2D eigenvalue weighted by Gasteiger charge is 2.35. The molecule has 0 aliphatic carbocycles. The summed E-state index contributed by atoms with van der Waals surface area (Å²) in [6.45, 7) is 0.294. The highest BCUT2D eigenvalue weighted by atomic mass is 32.2. The molecule has 0 radical (unpaired) electrons. The Morgan fingerprint density at radius 1 is 1.07 bits per heavy atom. The second-order valence-electron chi connectivity index (χ2n) is 7.05. The Kier molecular flexibility index (Phi) is 6.47. The van der Waals surface area contributed by atoms with E-state index in [9.17, 15) is 30.8 Å². The van der Waals surface area contributed by atoms with Gasteiger partial charge in [0.05, 0.1) is 10.5 Å². The van der Waals surface area contributed by atoms with Crippen molar-refractivity contribution in [3.05, 3.63) is 65.5 Å². The molecular weight excluding hydrogens is 424 g/mol. The van der Waals surface area contributed by atoms with Gasteiger partial charge in [0.25, 0.3) is 0 Å². The average molecular weight is 444 g/mol. The molecule has 1 heterocycles.